The summed E-state index contributed by atoms with van der Waals surface area (Å²) in [6, 6.07) is 0.522. The average molecular weight is 242 g/mol. The zero-order valence-electron chi connectivity index (χ0n) is 10.7. The van der Waals surface area contributed by atoms with Gasteiger partial charge in [-0.1, -0.05) is 0 Å². The van der Waals surface area contributed by atoms with Crippen LogP contribution in [0.3, 0.4) is 0 Å². The topological polar surface area (TPSA) is 34.1 Å². The van der Waals surface area contributed by atoms with Crippen molar-refractivity contribution in [2.45, 2.75) is 39.7 Å². The van der Waals surface area contributed by atoms with Crippen LogP contribution in [0.15, 0.2) is 0 Å². The molecule has 1 heterocycles. The van der Waals surface area contributed by atoms with Crippen molar-refractivity contribution in [1.82, 2.24) is 10.3 Å². The Bertz CT molecular complexity index is 312. The first-order valence-electron chi connectivity index (χ1n) is 5.78. The summed E-state index contributed by atoms with van der Waals surface area (Å²) in [6.45, 7) is 8.20. The molecule has 0 saturated heterocycles. The highest BCUT2D eigenvalue weighted by molar-refractivity contribution is 7.11. The lowest BCUT2D eigenvalue weighted by Crippen LogP contribution is -2.29. The Morgan fingerprint density at radius 2 is 2.19 bits per heavy atom. The van der Waals surface area contributed by atoms with E-state index in [-0.39, 0.29) is 0 Å². The van der Waals surface area contributed by atoms with Gasteiger partial charge >= 0.3 is 0 Å². The van der Waals surface area contributed by atoms with Crippen LogP contribution in [0.2, 0.25) is 0 Å². The van der Waals surface area contributed by atoms with Gasteiger partial charge in [0.25, 0.3) is 0 Å². The average Bonchev–Trinajstić information content (AvgIpc) is 2.55. The van der Waals surface area contributed by atoms with Crippen molar-refractivity contribution >= 4 is 11.3 Å². The molecule has 1 atom stereocenters. The maximum atomic E-state index is 5.05. The molecule has 1 N–H and O–H groups in total. The Hall–Kier alpha value is -0.450. The number of hydrogen-bond acceptors (Lipinski definition) is 4. The summed E-state index contributed by atoms with van der Waals surface area (Å²) in [7, 11) is 1.75. The predicted octanol–water partition coefficient (Wildman–Crippen LogP) is 2.32. The highest BCUT2D eigenvalue weighted by atomic mass is 32.1. The lowest BCUT2D eigenvalue weighted by Gasteiger charge is -2.12. The summed E-state index contributed by atoms with van der Waals surface area (Å²) in [5, 5.41) is 4.67. The predicted molar refractivity (Wildman–Crippen MR) is 69.2 cm³/mol. The van der Waals surface area contributed by atoms with Crippen molar-refractivity contribution in [2.75, 3.05) is 20.3 Å². The van der Waals surface area contributed by atoms with E-state index in [0.717, 1.165) is 26.0 Å². The smallest absolute Gasteiger partial charge is 0.0900 e. The Balaban J connectivity index is 2.22. The molecule has 0 aliphatic heterocycles. The van der Waals surface area contributed by atoms with Crippen LogP contribution >= 0.6 is 11.3 Å². The highest BCUT2D eigenvalue weighted by Crippen LogP contribution is 2.17. The third-order valence-corrected chi connectivity index (χ3v) is 3.73. The molecule has 1 rings (SSSR count). The fraction of sp³-hybridized carbons (Fsp3) is 0.750. The second-order valence-corrected chi connectivity index (χ2v) is 5.42. The van der Waals surface area contributed by atoms with Gasteiger partial charge in [-0.3, -0.25) is 0 Å². The molecule has 1 unspecified atom stereocenters. The van der Waals surface area contributed by atoms with E-state index in [1.807, 2.05) is 11.3 Å². The maximum Gasteiger partial charge on any atom is 0.0900 e. The van der Waals surface area contributed by atoms with Crippen molar-refractivity contribution < 1.29 is 4.74 Å². The first kappa shape index (κ1) is 13.6. The molecule has 4 heteroatoms. The molecule has 16 heavy (non-hydrogen) atoms. The van der Waals surface area contributed by atoms with Crippen LogP contribution in [0.5, 0.6) is 0 Å². The van der Waals surface area contributed by atoms with Crippen LogP contribution in [0, 0.1) is 13.8 Å². The normalized spacial score (nSPS) is 13.0. The molecule has 0 aliphatic rings. The van der Waals surface area contributed by atoms with Crippen LogP contribution in [0.1, 0.15) is 28.9 Å². The number of thiazole rings is 1. The molecule has 3 nitrogen and oxygen atoms in total. The van der Waals surface area contributed by atoms with E-state index in [9.17, 15) is 0 Å². The molecule has 0 fully saturated rings. The van der Waals surface area contributed by atoms with Gasteiger partial charge in [-0.2, -0.15) is 0 Å². The Morgan fingerprint density at radius 3 is 2.75 bits per heavy atom. The van der Waals surface area contributed by atoms with Gasteiger partial charge in [0.2, 0.25) is 0 Å². The van der Waals surface area contributed by atoms with Crippen molar-refractivity contribution in [2.24, 2.45) is 0 Å². The standard InChI is InChI=1S/C12H22N2OS/c1-9(6-8-15-4)13-7-5-12-10(2)14-11(3)16-12/h9,13H,5-8H2,1-4H3. The number of ether oxygens (including phenoxy) is 1. The minimum atomic E-state index is 0.522. The van der Waals surface area contributed by atoms with E-state index in [0.29, 0.717) is 6.04 Å². The molecule has 0 bridgehead atoms. The van der Waals surface area contributed by atoms with Crippen molar-refractivity contribution in [3.63, 3.8) is 0 Å². The summed E-state index contributed by atoms with van der Waals surface area (Å²) < 4.78 is 5.05. The molecule has 0 aromatic carbocycles. The van der Waals surface area contributed by atoms with Gasteiger partial charge in [-0.15, -0.1) is 11.3 Å². The minimum absolute atomic E-state index is 0.522. The second kappa shape index (κ2) is 6.99. The quantitative estimate of drug-likeness (QED) is 0.797. The second-order valence-electron chi connectivity index (χ2n) is 4.13. The molecule has 0 spiro atoms. The molecule has 92 valence electrons. The lowest BCUT2D eigenvalue weighted by atomic mass is 10.2. The Kier molecular flexibility index (Phi) is 5.95. The highest BCUT2D eigenvalue weighted by Gasteiger charge is 2.05. The molecular weight excluding hydrogens is 220 g/mol. The van der Waals surface area contributed by atoms with Gasteiger partial charge in [0, 0.05) is 31.2 Å². The molecule has 1 aromatic heterocycles. The van der Waals surface area contributed by atoms with E-state index in [2.05, 4.69) is 31.1 Å². The van der Waals surface area contributed by atoms with Gasteiger partial charge < -0.3 is 10.1 Å². The largest absolute Gasteiger partial charge is 0.385 e. The van der Waals surface area contributed by atoms with E-state index in [1.165, 1.54) is 15.6 Å². The van der Waals surface area contributed by atoms with Gasteiger partial charge in [-0.25, -0.2) is 4.98 Å². The van der Waals surface area contributed by atoms with Crippen LogP contribution in [-0.2, 0) is 11.2 Å². The van der Waals surface area contributed by atoms with Crippen LogP contribution in [-0.4, -0.2) is 31.3 Å². The van der Waals surface area contributed by atoms with Crippen LogP contribution in [0.4, 0.5) is 0 Å². The molecule has 0 amide bonds. The molecule has 0 radical (unpaired) electrons. The third kappa shape index (κ3) is 4.60. The number of aryl methyl sites for hydroxylation is 2. The van der Waals surface area contributed by atoms with E-state index in [1.54, 1.807) is 7.11 Å². The molecule has 1 aromatic rings. The van der Waals surface area contributed by atoms with E-state index < -0.39 is 0 Å². The molecule has 0 aliphatic carbocycles. The fourth-order valence-corrected chi connectivity index (χ4v) is 2.57. The zero-order chi connectivity index (χ0) is 12.0. The Labute approximate surface area is 102 Å². The number of nitrogens with zero attached hydrogens (tertiary/aromatic N) is 1. The van der Waals surface area contributed by atoms with Gasteiger partial charge in [-0.05, 0) is 33.6 Å². The van der Waals surface area contributed by atoms with Crippen LogP contribution < -0.4 is 5.32 Å². The van der Waals surface area contributed by atoms with Gasteiger partial charge in [0.15, 0.2) is 0 Å². The summed E-state index contributed by atoms with van der Waals surface area (Å²) in [5.74, 6) is 0. The number of hydrogen-bond donors (Lipinski definition) is 1. The third-order valence-electron chi connectivity index (χ3n) is 2.60. The number of methoxy groups -OCH3 is 1. The summed E-state index contributed by atoms with van der Waals surface area (Å²) in [6.07, 6.45) is 2.14. The van der Waals surface area contributed by atoms with Crippen molar-refractivity contribution in [1.29, 1.82) is 0 Å². The number of rotatable bonds is 7. The molecule has 0 saturated carbocycles. The Morgan fingerprint density at radius 1 is 1.44 bits per heavy atom. The first-order valence-corrected chi connectivity index (χ1v) is 6.60. The van der Waals surface area contributed by atoms with E-state index in [4.69, 9.17) is 4.74 Å². The van der Waals surface area contributed by atoms with Crippen molar-refractivity contribution in [3.8, 4) is 0 Å². The minimum Gasteiger partial charge on any atom is -0.385 e. The van der Waals surface area contributed by atoms with Gasteiger partial charge in [0.05, 0.1) is 10.7 Å². The van der Waals surface area contributed by atoms with E-state index >= 15 is 0 Å². The number of nitrogens with one attached hydrogen (secondary N) is 1. The van der Waals surface area contributed by atoms with Gasteiger partial charge in [0.1, 0.15) is 0 Å². The SMILES string of the molecule is COCCC(C)NCCc1sc(C)nc1C. The fourth-order valence-electron chi connectivity index (χ4n) is 1.63. The maximum absolute atomic E-state index is 5.05. The van der Waals surface area contributed by atoms with Crippen LogP contribution in [0.25, 0.3) is 0 Å². The summed E-state index contributed by atoms with van der Waals surface area (Å²) in [4.78, 5) is 5.84. The molecular formula is C12H22N2OS. The van der Waals surface area contributed by atoms with Crippen molar-refractivity contribution in [3.05, 3.63) is 15.6 Å². The lowest BCUT2D eigenvalue weighted by molar-refractivity contribution is 0.185. The summed E-state index contributed by atoms with van der Waals surface area (Å²) >= 11 is 1.81. The zero-order valence-corrected chi connectivity index (χ0v) is 11.5. The number of aromatic nitrogens is 1. The monoisotopic (exact) mass is 242 g/mol. The first-order chi connectivity index (χ1) is 7.63. The summed E-state index contributed by atoms with van der Waals surface area (Å²) in [5.41, 5.74) is 1.19.